The molecule has 1 saturated heterocycles. The predicted octanol–water partition coefficient (Wildman–Crippen LogP) is -6.18. The third-order valence-electron chi connectivity index (χ3n) is 7.78. The number of aromatic nitrogens is 2. The second-order valence-electron chi connectivity index (χ2n) is 10.4. The van der Waals surface area contributed by atoms with Crippen LogP contribution in [0.3, 0.4) is 0 Å². The maximum absolute atomic E-state index is 12.8. The van der Waals surface area contributed by atoms with Crippen LogP contribution in [-0.4, -0.2) is 73.1 Å². The van der Waals surface area contributed by atoms with Gasteiger partial charge in [0.05, 0.1) is 37.7 Å². The zero-order chi connectivity index (χ0) is 27.6. The minimum Gasteiger partial charge on any atom is -1.00 e. The number of benzene rings is 1. The summed E-state index contributed by atoms with van der Waals surface area (Å²) in [5.41, 5.74) is 0.824. The molecule has 2 fully saturated rings. The van der Waals surface area contributed by atoms with Gasteiger partial charge in [-0.2, -0.15) is 0 Å². The fourth-order valence-electron chi connectivity index (χ4n) is 5.78. The van der Waals surface area contributed by atoms with Gasteiger partial charge in [0.1, 0.15) is 30.8 Å². The smallest absolute Gasteiger partial charge is 0.416 e. The Hall–Kier alpha value is -3.58. The number of nitrogens with zero attached hydrogens (tertiary/aromatic N) is 3. The molecule has 3 atom stereocenters. The Morgan fingerprint density at radius 3 is 2.74 bits per heavy atom. The molecule has 4 heterocycles. The predicted molar refractivity (Wildman–Crippen MR) is 146 cm³/mol. The first-order valence-electron chi connectivity index (χ1n) is 13.8. The molecule has 0 bridgehead atoms. The molecule has 1 saturated carbocycles. The Balaban J connectivity index is 0.00000202. The van der Waals surface area contributed by atoms with Gasteiger partial charge in [0, 0.05) is 25.0 Å². The highest BCUT2D eigenvalue weighted by Gasteiger charge is 2.47. The number of anilines is 2. The second kappa shape index (κ2) is 13.6. The van der Waals surface area contributed by atoms with Crippen LogP contribution in [0.15, 0.2) is 47.3 Å². The summed E-state index contributed by atoms with van der Waals surface area (Å²) in [4.78, 5) is 43.4. The zero-order valence-electron chi connectivity index (χ0n) is 23.1. The highest BCUT2D eigenvalue weighted by Crippen LogP contribution is 2.36. The summed E-state index contributed by atoms with van der Waals surface area (Å²) in [6.45, 7) is 2.70. The van der Waals surface area contributed by atoms with Crippen LogP contribution in [0, 0.1) is 0 Å². The minimum atomic E-state index is -0.427. The van der Waals surface area contributed by atoms with Gasteiger partial charge in [-0.25, -0.2) is 9.78 Å². The largest absolute Gasteiger partial charge is 1.00 e. The van der Waals surface area contributed by atoms with Crippen molar-refractivity contribution in [1.29, 1.82) is 0 Å². The Morgan fingerprint density at radius 2 is 1.90 bits per heavy atom. The van der Waals surface area contributed by atoms with Crippen LogP contribution in [0.2, 0.25) is 0 Å². The van der Waals surface area contributed by atoms with Crippen molar-refractivity contribution in [3.63, 3.8) is 0 Å². The van der Waals surface area contributed by atoms with Crippen molar-refractivity contribution >= 4 is 34.5 Å². The van der Waals surface area contributed by atoms with Crippen molar-refractivity contribution in [2.75, 3.05) is 43.6 Å². The summed E-state index contributed by atoms with van der Waals surface area (Å²) < 4.78 is 18.8. The lowest BCUT2D eigenvalue weighted by Crippen LogP contribution is -3.00. The highest BCUT2D eigenvalue weighted by atomic mass is 35.5. The summed E-state index contributed by atoms with van der Waals surface area (Å²) in [5, 5.41) is 8.00. The Morgan fingerprint density at radius 1 is 1.07 bits per heavy atom. The van der Waals surface area contributed by atoms with E-state index < -0.39 is 6.09 Å². The monoisotopic (exact) mass is 620 g/mol. The third-order valence-corrected chi connectivity index (χ3v) is 7.78. The molecular formula is C28H34Cl2N6O6. The van der Waals surface area contributed by atoms with Crippen molar-refractivity contribution in [2.45, 2.75) is 44.0 Å². The number of rotatable bonds is 9. The number of nitrogens with one attached hydrogen (secondary N) is 1. The van der Waals surface area contributed by atoms with E-state index in [0.29, 0.717) is 37.0 Å². The van der Waals surface area contributed by atoms with E-state index in [1.54, 1.807) is 27.7 Å². The fourth-order valence-corrected chi connectivity index (χ4v) is 5.78. The third kappa shape index (κ3) is 6.41. The van der Waals surface area contributed by atoms with Gasteiger partial charge >= 0.3 is 6.09 Å². The normalized spacial score (nSPS) is 20.8. The first-order chi connectivity index (χ1) is 19.5. The molecular weight excluding hydrogens is 587 g/mol. The van der Waals surface area contributed by atoms with E-state index in [4.69, 9.17) is 14.2 Å². The number of quaternary nitrogens is 2. The highest BCUT2D eigenvalue weighted by molar-refractivity contribution is 5.95. The molecule has 0 spiro atoms. The van der Waals surface area contributed by atoms with Gasteiger partial charge in [0.25, 0.3) is 11.5 Å². The number of nitrogens with two attached hydrogens (primary N) is 2. The lowest BCUT2D eigenvalue weighted by atomic mass is 9.88. The van der Waals surface area contributed by atoms with E-state index in [9.17, 15) is 14.4 Å². The van der Waals surface area contributed by atoms with Crippen LogP contribution >= 0.6 is 0 Å². The van der Waals surface area contributed by atoms with Gasteiger partial charge in [-0.15, -0.1) is 0 Å². The first kappa shape index (κ1) is 31.4. The summed E-state index contributed by atoms with van der Waals surface area (Å²) in [6.07, 6.45) is 1.71. The van der Waals surface area contributed by atoms with E-state index in [1.165, 1.54) is 0 Å². The van der Waals surface area contributed by atoms with Gasteiger partial charge in [-0.3, -0.25) is 14.5 Å². The lowest BCUT2D eigenvalue weighted by molar-refractivity contribution is -0.693. The quantitative estimate of drug-likeness (QED) is 0.202. The first-order valence-corrected chi connectivity index (χ1v) is 13.8. The number of pyridine rings is 2. The van der Waals surface area contributed by atoms with Crippen molar-refractivity contribution < 1.29 is 59.2 Å². The Labute approximate surface area is 254 Å². The average molecular weight is 622 g/mol. The molecule has 12 nitrogen and oxygen atoms in total. The van der Waals surface area contributed by atoms with Crippen LogP contribution < -0.4 is 60.7 Å². The molecule has 2 amide bonds. The number of fused-ring (bicyclic) bond motifs is 3. The number of halogens is 2. The number of likely N-dealkylation sites (N-methyl/N-ethyl adjacent to an activating group) is 1. The Kier molecular flexibility index (Phi) is 10.2. The maximum atomic E-state index is 12.8. The molecule has 226 valence electrons. The molecule has 6 rings (SSSR count). The molecule has 0 radical (unpaired) electrons. The lowest BCUT2D eigenvalue weighted by Gasteiger charge is -2.31. The van der Waals surface area contributed by atoms with Gasteiger partial charge in [-0.1, -0.05) is 0 Å². The van der Waals surface area contributed by atoms with Crippen LogP contribution in [0.4, 0.5) is 16.4 Å². The molecule has 14 heteroatoms. The SMILES string of the molecule is C[NH2+]CCOc1ccc2ccc(=O)n(CC[NH2+]C3CCC4C(C3)OC(=O)N4c3ccc4c(n3)NC(=O)CO4)c2c1.[Cl-].[Cl-]. The summed E-state index contributed by atoms with van der Waals surface area (Å²) in [5.74, 6) is 1.71. The van der Waals surface area contributed by atoms with Gasteiger partial charge in [0.2, 0.25) is 0 Å². The minimum absolute atomic E-state index is 0. The maximum Gasteiger partial charge on any atom is 0.416 e. The number of hydrogen-bond donors (Lipinski definition) is 3. The Bertz CT molecular complexity index is 1500. The summed E-state index contributed by atoms with van der Waals surface area (Å²) in [7, 11) is 2.00. The molecule has 3 aliphatic rings. The molecule has 2 aliphatic heterocycles. The number of hydrogen-bond acceptors (Lipinski definition) is 7. The topological polar surface area (TPSA) is 145 Å². The number of carbonyl (C=O) groups is 2. The van der Waals surface area contributed by atoms with Crippen LogP contribution in [0.1, 0.15) is 19.3 Å². The van der Waals surface area contributed by atoms with E-state index >= 15 is 0 Å². The number of amides is 2. The molecule has 2 aromatic heterocycles. The summed E-state index contributed by atoms with van der Waals surface area (Å²) in [6, 6.07) is 12.9. The molecule has 3 unspecified atom stereocenters. The van der Waals surface area contributed by atoms with Crippen molar-refractivity contribution in [1.82, 2.24) is 9.55 Å². The number of carbonyl (C=O) groups excluding carboxylic acids is 2. The van der Waals surface area contributed by atoms with Crippen LogP contribution in [0.25, 0.3) is 10.9 Å². The average Bonchev–Trinajstić information content (AvgIpc) is 3.28. The second-order valence-corrected chi connectivity index (χ2v) is 10.4. The molecule has 1 aliphatic carbocycles. The summed E-state index contributed by atoms with van der Waals surface area (Å²) >= 11 is 0. The van der Waals surface area contributed by atoms with E-state index in [0.717, 1.165) is 42.6 Å². The molecule has 42 heavy (non-hydrogen) atoms. The van der Waals surface area contributed by atoms with Crippen molar-refractivity contribution in [2.24, 2.45) is 0 Å². The van der Waals surface area contributed by atoms with Gasteiger partial charge in [0.15, 0.2) is 18.2 Å². The van der Waals surface area contributed by atoms with E-state index in [-0.39, 0.29) is 61.1 Å². The standard InChI is InChI=1S/C28H32N6O6.2ClH/c1-29-11-13-38-19-5-2-17-3-9-26(36)33(21(17)15-19)12-10-30-18-4-6-20-23(14-18)40-28(37)34(20)24-8-7-22-27(31-24)32-25(35)16-39-22;;/h2-3,5,7-9,15,18,20,23,29-30H,4,6,10-14,16H2,1H3,(H,31,32,35);2*1H. The molecule has 1 aromatic carbocycles. The van der Waals surface area contributed by atoms with E-state index in [2.05, 4.69) is 20.9 Å². The van der Waals surface area contributed by atoms with Gasteiger partial charge in [-0.05, 0) is 42.1 Å². The van der Waals surface area contributed by atoms with Crippen molar-refractivity contribution in [3.8, 4) is 11.5 Å². The zero-order valence-corrected chi connectivity index (χ0v) is 24.6. The van der Waals surface area contributed by atoms with Crippen LogP contribution in [0.5, 0.6) is 11.5 Å². The van der Waals surface area contributed by atoms with Crippen LogP contribution in [-0.2, 0) is 16.1 Å². The van der Waals surface area contributed by atoms with E-state index in [1.807, 2.05) is 31.3 Å². The molecule has 3 aromatic rings. The van der Waals surface area contributed by atoms with Crippen molar-refractivity contribution in [3.05, 3.63) is 52.8 Å². The van der Waals surface area contributed by atoms with Gasteiger partial charge < -0.3 is 59.5 Å². The molecule has 5 N–H and O–H groups in total. The fraction of sp³-hybridized carbons (Fsp3) is 0.429. The number of ether oxygens (including phenoxy) is 3.